The van der Waals surface area contributed by atoms with Crippen LogP contribution in [0.25, 0.3) is 10.2 Å². The Hall–Kier alpha value is -2.63. The predicted molar refractivity (Wildman–Crippen MR) is 121 cm³/mol. The molecule has 1 aliphatic rings. The van der Waals surface area contributed by atoms with Gasteiger partial charge >= 0.3 is 0 Å². The maximum Gasteiger partial charge on any atom is 0.263 e. The van der Waals surface area contributed by atoms with E-state index in [1.807, 2.05) is 18.4 Å². The number of aromatic nitrogens is 2. The van der Waals surface area contributed by atoms with Crippen LogP contribution in [0.15, 0.2) is 34.2 Å². The molecule has 8 heteroatoms. The molecule has 0 spiro atoms. The summed E-state index contributed by atoms with van der Waals surface area (Å²) in [4.78, 5) is 32.5. The second kappa shape index (κ2) is 8.62. The Balaban J connectivity index is 1.61. The summed E-state index contributed by atoms with van der Waals surface area (Å²) in [6, 6.07) is 9.02. The van der Waals surface area contributed by atoms with Gasteiger partial charge in [-0.3, -0.25) is 14.2 Å². The van der Waals surface area contributed by atoms with E-state index in [4.69, 9.17) is 10.2 Å². The number of hydrogen-bond donors (Lipinski definition) is 1. The number of fused-ring (bicyclic) bond motifs is 1. The molecule has 0 atom stereocenters. The SMILES string of the molecule is Cc1sc2nc(SCC(=O)Nc3cccc(C#N)c3)n(C3CCCC3)c(=O)c2c1C. The molecule has 1 aromatic carbocycles. The van der Waals surface area contributed by atoms with Crippen LogP contribution >= 0.6 is 23.1 Å². The number of thiophene rings is 1. The van der Waals surface area contributed by atoms with Crippen molar-refractivity contribution in [1.29, 1.82) is 5.26 Å². The van der Waals surface area contributed by atoms with Gasteiger partial charge in [-0.25, -0.2) is 4.98 Å². The van der Waals surface area contributed by atoms with Gasteiger partial charge in [0.1, 0.15) is 4.83 Å². The number of rotatable bonds is 5. The van der Waals surface area contributed by atoms with Crippen molar-refractivity contribution in [3.05, 3.63) is 50.6 Å². The minimum Gasteiger partial charge on any atom is -0.325 e. The fourth-order valence-corrected chi connectivity index (χ4v) is 5.80. The third-order valence-electron chi connectivity index (χ3n) is 5.50. The first kappa shape index (κ1) is 20.6. The first-order chi connectivity index (χ1) is 14.5. The molecule has 30 heavy (non-hydrogen) atoms. The normalized spacial score (nSPS) is 14.2. The minimum atomic E-state index is -0.194. The zero-order chi connectivity index (χ0) is 21.3. The number of benzene rings is 1. The van der Waals surface area contributed by atoms with Crippen LogP contribution in [0.4, 0.5) is 5.69 Å². The van der Waals surface area contributed by atoms with Gasteiger partial charge in [0.25, 0.3) is 5.56 Å². The number of nitrogens with zero attached hydrogens (tertiary/aromatic N) is 3. The van der Waals surface area contributed by atoms with Crippen molar-refractivity contribution in [2.24, 2.45) is 0 Å². The van der Waals surface area contributed by atoms with E-state index in [0.29, 0.717) is 21.8 Å². The van der Waals surface area contributed by atoms with Gasteiger partial charge in [-0.2, -0.15) is 5.26 Å². The van der Waals surface area contributed by atoms with Gasteiger partial charge in [0.15, 0.2) is 5.16 Å². The standard InChI is InChI=1S/C22H22N4O2S2/c1-13-14(2)30-20-19(13)21(28)26(17-8-3-4-9-17)22(25-20)29-12-18(27)24-16-7-5-6-15(10-16)11-23/h5-7,10,17H,3-4,8-9,12H2,1-2H3,(H,24,27). The Morgan fingerprint density at radius 1 is 1.37 bits per heavy atom. The number of hydrogen-bond acceptors (Lipinski definition) is 6. The number of anilines is 1. The lowest BCUT2D eigenvalue weighted by molar-refractivity contribution is -0.113. The van der Waals surface area contributed by atoms with Crippen molar-refractivity contribution in [3.63, 3.8) is 0 Å². The summed E-state index contributed by atoms with van der Waals surface area (Å²) in [7, 11) is 0. The molecule has 154 valence electrons. The maximum atomic E-state index is 13.4. The van der Waals surface area contributed by atoms with Gasteiger partial charge in [-0.1, -0.05) is 30.7 Å². The average molecular weight is 439 g/mol. The number of carbonyl (C=O) groups is 1. The molecule has 3 aromatic rings. The van der Waals surface area contributed by atoms with E-state index in [1.54, 1.807) is 24.3 Å². The molecule has 0 bridgehead atoms. The third-order valence-corrected chi connectivity index (χ3v) is 7.55. The Kier molecular flexibility index (Phi) is 5.93. The summed E-state index contributed by atoms with van der Waals surface area (Å²) >= 11 is 2.83. The lowest BCUT2D eigenvalue weighted by Crippen LogP contribution is -2.27. The van der Waals surface area contributed by atoms with Crippen LogP contribution < -0.4 is 10.9 Å². The maximum absolute atomic E-state index is 13.4. The van der Waals surface area contributed by atoms with Crippen LogP contribution in [0.1, 0.15) is 47.7 Å². The fraction of sp³-hybridized carbons (Fsp3) is 0.364. The molecular formula is C22H22N4O2S2. The van der Waals surface area contributed by atoms with E-state index >= 15 is 0 Å². The lowest BCUT2D eigenvalue weighted by atomic mass is 10.2. The molecule has 1 N–H and O–H groups in total. The number of thioether (sulfide) groups is 1. The summed E-state index contributed by atoms with van der Waals surface area (Å²) in [6.45, 7) is 3.99. The quantitative estimate of drug-likeness (QED) is 0.457. The van der Waals surface area contributed by atoms with Crippen molar-refractivity contribution < 1.29 is 4.79 Å². The van der Waals surface area contributed by atoms with Crippen LogP contribution in [0.3, 0.4) is 0 Å². The summed E-state index contributed by atoms with van der Waals surface area (Å²) in [6.07, 6.45) is 4.15. The largest absolute Gasteiger partial charge is 0.325 e. The Morgan fingerprint density at radius 2 is 2.13 bits per heavy atom. The highest BCUT2D eigenvalue weighted by Gasteiger charge is 2.25. The lowest BCUT2D eigenvalue weighted by Gasteiger charge is -2.18. The molecule has 2 aromatic heterocycles. The van der Waals surface area contributed by atoms with E-state index in [-0.39, 0.29) is 23.3 Å². The molecule has 2 heterocycles. The first-order valence-electron chi connectivity index (χ1n) is 9.93. The molecule has 0 aliphatic heterocycles. The Morgan fingerprint density at radius 3 is 2.87 bits per heavy atom. The zero-order valence-electron chi connectivity index (χ0n) is 16.9. The number of carbonyl (C=O) groups excluding carboxylic acids is 1. The van der Waals surface area contributed by atoms with Gasteiger partial charge < -0.3 is 5.32 Å². The molecule has 1 aliphatic carbocycles. The molecule has 1 amide bonds. The molecule has 0 radical (unpaired) electrons. The molecule has 6 nitrogen and oxygen atoms in total. The summed E-state index contributed by atoms with van der Waals surface area (Å²) in [5.74, 6) is -0.0499. The number of nitrogens with one attached hydrogen (secondary N) is 1. The monoisotopic (exact) mass is 438 g/mol. The van der Waals surface area contributed by atoms with Gasteiger partial charge in [0.05, 0.1) is 22.8 Å². The third kappa shape index (κ3) is 4.00. The molecular weight excluding hydrogens is 416 g/mol. The number of amides is 1. The highest BCUT2D eigenvalue weighted by atomic mass is 32.2. The second-order valence-corrected chi connectivity index (χ2v) is 9.65. The van der Waals surface area contributed by atoms with E-state index in [1.165, 1.54) is 23.1 Å². The highest BCUT2D eigenvalue weighted by Crippen LogP contribution is 2.34. The Bertz CT molecular complexity index is 1220. The van der Waals surface area contributed by atoms with Crippen LogP contribution in [0.5, 0.6) is 0 Å². The van der Waals surface area contributed by atoms with Crippen molar-refractivity contribution >= 4 is 44.9 Å². The topological polar surface area (TPSA) is 87.8 Å². The van der Waals surface area contributed by atoms with Crippen molar-refractivity contribution in [1.82, 2.24) is 9.55 Å². The Labute approximate surface area is 182 Å². The van der Waals surface area contributed by atoms with E-state index in [9.17, 15) is 9.59 Å². The summed E-state index contributed by atoms with van der Waals surface area (Å²) < 4.78 is 1.82. The van der Waals surface area contributed by atoms with Crippen LogP contribution in [0.2, 0.25) is 0 Å². The van der Waals surface area contributed by atoms with E-state index < -0.39 is 0 Å². The van der Waals surface area contributed by atoms with Crippen molar-refractivity contribution in [2.45, 2.75) is 50.7 Å². The number of aryl methyl sites for hydroxylation is 2. The minimum absolute atomic E-state index is 0.0124. The van der Waals surface area contributed by atoms with Crippen LogP contribution in [-0.2, 0) is 4.79 Å². The second-order valence-electron chi connectivity index (χ2n) is 7.50. The average Bonchev–Trinajstić information content (AvgIpc) is 3.35. The van der Waals surface area contributed by atoms with Gasteiger partial charge in [-0.15, -0.1) is 11.3 Å². The van der Waals surface area contributed by atoms with Gasteiger partial charge in [0.2, 0.25) is 5.91 Å². The summed E-state index contributed by atoms with van der Waals surface area (Å²) in [5.41, 5.74) is 2.09. The highest BCUT2D eigenvalue weighted by molar-refractivity contribution is 7.99. The zero-order valence-corrected chi connectivity index (χ0v) is 18.5. The molecule has 4 rings (SSSR count). The molecule has 0 unspecified atom stereocenters. The fourth-order valence-electron chi connectivity index (χ4n) is 3.87. The predicted octanol–water partition coefficient (Wildman–Crippen LogP) is 4.79. The number of nitriles is 1. The van der Waals surface area contributed by atoms with Crippen molar-refractivity contribution in [2.75, 3.05) is 11.1 Å². The summed E-state index contributed by atoms with van der Waals surface area (Å²) in [5, 5.41) is 13.2. The molecule has 1 fully saturated rings. The first-order valence-corrected chi connectivity index (χ1v) is 11.7. The molecule has 1 saturated carbocycles. The molecule has 0 saturated heterocycles. The van der Waals surface area contributed by atoms with E-state index in [2.05, 4.69) is 11.4 Å². The van der Waals surface area contributed by atoms with Gasteiger partial charge in [0, 0.05) is 16.6 Å². The van der Waals surface area contributed by atoms with Crippen LogP contribution in [0, 0.1) is 25.2 Å². The van der Waals surface area contributed by atoms with Gasteiger partial charge in [-0.05, 0) is 50.5 Å². The smallest absolute Gasteiger partial charge is 0.263 e. The van der Waals surface area contributed by atoms with Crippen molar-refractivity contribution in [3.8, 4) is 6.07 Å². The van der Waals surface area contributed by atoms with E-state index in [0.717, 1.165) is 41.0 Å². The van der Waals surface area contributed by atoms with Crippen LogP contribution in [-0.4, -0.2) is 21.2 Å².